The maximum Gasteiger partial charge on any atom is 0.143 e. The molecule has 1 N–H and O–H groups in total. The fourth-order valence-electron chi connectivity index (χ4n) is 2.72. The van der Waals surface area contributed by atoms with Gasteiger partial charge in [0.25, 0.3) is 0 Å². The fourth-order valence-corrected chi connectivity index (χ4v) is 3.09. The minimum atomic E-state index is -0.493. The lowest BCUT2D eigenvalue weighted by atomic mass is 9.71. The van der Waals surface area contributed by atoms with E-state index in [-0.39, 0.29) is 11.0 Å². The highest BCUT2D eigenvalue weighted by atomic mass is 79.9. The molecule has 0 amide bonds. The maximum atomic E-state index is 14.2. The van der Waals surface area contributed by atoms with E-state index in [0.717, 1.165) is 18.7 Å². The number of halogens is 3. The molecule has 0 bridgehead atoms. The average Bonchev–Trinajstić information content (AvgIpc) is 2.43. The summed E-state index contributed by atoms with van der Waals surface area (Å²) in [5.74, 6) is -0.972. The Hall–Kier alpha value is -1.26. The Bertz CT molecular complexity index is 624. The highest BCUT2D eigenvalue weighted by Crippen LogP contribution is 2.35. The molecule has 0 spiro atoms. The topological polar surface area (TPSA) is 12.0 Å². The molecule has 20 heavy (non-hydrogen) atoms. The second kappa shape index (κ2) is 5.26. The zero-order chi connectivity index (χ0) is 14.2. The first-order chi connectivity index (χ1) is 9.62. The zero-order valence-corrected chi connectivity index (χ0v) is 12.4. The predicted molar refractivity (Wildman–Crippen MR) is 78.8 cm³/mol. The van der Waals surface area contributed by atoms with Gasteiger partial charge in [-0.05, 0) is 40.0 Å². The molecule has 1 aliphatic rings. The highest BCUT2D eigenvalue weighted by molar-refractivity contribution is 9.10. The Morgan fingerprint density at radius 3 is 2.35 bits per heavy atom. The van der Waals surface area contributed by atoms with Crippen molar-refractivity contribution in [2.45, 2.75) is 11.8 Å². The monoisotopic (exact) mass is 337 g/mol. The molecule has 1 aliphatic heterocycles. The number of nitrogens with one attached hydrogen (secondary N) is 1. The van der Waals surface area contributed by atoms with Crippen LogP contribution in [-0.4, -0.2) is 13.1 Å². The summed E-state index contributed by atoms with van der Waals surface area (Å²) in [6, 6.07) is 12.6. The van der Waals surface area contributed by atoms with E-state index in [0.29, 0.717) is 10.9 Å². The predicted octanol–water partition coefficient (Wildman–Crippen LogP) is 3.81. The van der Waals surface area contributed by atoms with Crippen LogP contribution in [0.15, 0.2) is 46.9 Å². The molecule has 2 aromatic rings. The minimum absolute atomic E-state index is 0.157. The van der Waals surface area contributed by atoms with Crippen LogP contribution in [0.1, 0.15) is 11.1 Å². The molecule has 3 rings (SSSR count). The van der Waals surface area contributed by atoms with E-state index in [1.165, 1.54) is 12.1 Å². The van der Waals surface area contributed by atoms with Crippen molar-refractivity contribution >= 4 is 15.9 Å². The molecule has 0 unspecified atom stereocenters. The van der Waals surface area contributed by atoms with Gasteiger partial charge in [0.2, 0.25) is 0 Å². The molecule has 0 atom stereocenters. The number of hydrogen-bond donors (Lipinski definition) is 1. The van der Waals surface area contributed by atoms with Crippen LogP contribution in [0, 0.1) is 11.6 Å². The highest BCUT2D eigenvalue weighted by Gasteiger charge is 2.40. The summed E-state index contributed by atoms with van der Waals surface area (Å²) in [6.07, 6.45) is 0.362. The normalized spacial score (nSPS) is 16.8. The molecule has 1 heterocycles. The zero-order valence-electron chi connectivity index (χ0n) is 10.8. The molecule has 0 radical (unpaired) electrons. The fraction of sp³-hybridized carbons (Fsp3) is 0.250. The van der Waals surface area contributed by atoms with Crippen molar-refractivity contribution in [2.75, 3.05) is 13.1 Å². The summed E-state index contributed by atoms with van der Waals surface area (Å²) in [5.41, 5.74) is 1.06. The van der Waals surface area contributed by atoms with Gasteiger partial charge < -0.3 is 5.32 Å². The Morgan fingerprint density at radius 2 is 1.75 bits per heavy atom. The van der Waals surface area contributed by atoms with Crippen LogP contribution in [0.2, 0.25) is 0 Å². The van der Waals surface area contributed by atoms with Crippen LogP contribution in [-0.2, 0) is 11.8 Å². The van der Waals surface area contributed by atoms with Gasteiger partial charge in [-0.15, -0.1) is 0 Å². The van der Waals surface area contributed by atoms with Gasteiger partial charge in [-0.2, -0.15) is 0 Å². The molecule has 4 heteroatoms. The van der Waals surface area contributed by atoms with Crippen LogP contribution in [0.25, 0.3) is 0 Å². The lowest BCUT2D eigenvalue weighted by Crippen LogP contribution is -2.58. The molecular formula is C16H14BrF2N. The third-order valence-corrected chi connectivity index (χ3v) is 4.58. The average molecular weight is 338 g/mol. The molecular weight excluding hydrogens is 324 g/mol. The first kappa shape index (κ1) is 13.7. The Morgan fingerprint density at radius 1 is 1.05 bits per heavy atom. The molecule has 1 saturated heterocycles. The summed E-state index contributed by atoms with van der Waals surface area (Å²) in [7, 11) is 0. The quantitative estimate of drug-likeness (QED) is 0.840. The number of hydrogen-bond acceptors (Lipinski definition) is 1. The van der Waals surface area contributed by atoms with E-state index >= 15 is 0 Å². The summed E-state index contributed by atoms with van der Waals surface area (Å²) >= 11 is 3.13. The Balaban J connectivity index is 1.99. The van der Waals surface area contributed by atoms with Crippen molar-refractivity contribution in [2.24, 2.45) is 0 Å². The standard InChI is InChI=1S/C16H14BrF2N/c17-13-6-7-14(18)12(15(13)19)8-16(9-20-10-16)11-4-2-1-3-5-11/h1-7,20H,8-10H2. The SMILES string of the molecule is Fc1ccc(Br)c(F)c1CC1(c2ccccc2)CNC1. The van der Waals surface area contributed by atoms with Gasteiger partial charge in [0.1, 0.15) is 11.6 Å². The van der Waals surface area contributed by atoms with Gasteiger partial charge in [0.15, 0.2) is 0 Å². The maximum absolute atomic E-state index is 14.2. The van der Waals surface area contributed by atoms with Crippen molar-refractivity contribution in [3.05, 3.63) is 69.7 Å². The van der Waals surface area contributed by atoms with Gasteiger partial charge in [-0.25, -0.2) is 8.78 Å². The second-order valence-electron chi connectivity index (χ2n) is 5.25. The van der Waals surface area contributed by atoms with E-state index in [1.807, 2.05) is 30.3 Å². The van der Waals surface area contributed by atoms with E-state index in [9.17, 15) is 8.78 Å². The summed E-state index contributed by atoms with van der Waals surface area (Å²) in [6.45, 7) is 1.48. The van der Waals surface area contributed by atoms with Gasteiger partial charge in [-0.3, -0.25) is 0 Å². The molecule has 1 fully saturated rings. The van der Waals surface area contributed by atoms with Gasteiger partial charge in [-0.1, -0.05) is 30.3 Å². The third-order valence-electron chi connectivity index (χ3n) is 3.97. The number of rotatable bonds is 3. The first-order valence-corrected chi connectivity index (χ1v) is 7.30. The molecule has 104 valence electrons. The van der Waals surface area contributed by atoms with E-state index in [4.69, 9.17) is 0 Å². The van der Waals surface area contributed by atoms with E-state index < -0.39 is 11.6 Å². The molecule has 0 aromatic heterocycles. The van der Waals surface area contributed by atoms with Crippen LogP contribution >= 0.6 is 15.9 Å². The largest absolute Gasteiger partial charge is 0.315 e. The summed E-state index contributed by atoms with van der Waals surface area (Å²) in [4.78, 5) is 0. The minimum Gasteiger partial charge on any atom is -0.315 e. The van der Waals surface area contributed by atoms with Crippen LogP contribution < -0.4 is 5.32 Å². The molecule has 0 saturated carbocycles. The van der Waals surface area contributed by atoms with Crippen molar-refractivity contribution in [1.29, 1.82) is 0 Å². The Labute approximate surface area is 125 Å². The van der Waals surface area contributed by atoms with E-state index in [2.05, 4.69) is 21.2 Å². The van der Waals surface area contributed by atoms with Crippen molar-refractivity contribution in [3.8, 4) is 0 Å². The molecule has 1 nitrogen and oxygen atoms in total. The van der Waals surface area contributed by atoms with Gasteiger partial charge in [0, 0.05) is 24.1 Å². The summed E-state index contributed by atoms with van der Waals surface area (Å²) < 4.78 is 28.4. The summed E-state index contributed by atoms with van der Waals surface area (Å²) in [5, 5.41) is 3.22. The smallest absolute Gasteiger partial charge is 0.143 e. The lowest BCUT2D eigenvalue weighted by Gasteiger charge is -2.43. The lowest BCUT2D eigenvalue weighted by molar-refractivity contribution is 0.268. The first-order valence-electron chi connectivity index (χ1n) is 6.51. The van der Waals surface area contributed by atoms with Gasteiger partial charge >= 0.3 is 0 Å². The van der Waals surface area contributed by atoms with Crippen molar-refractivity contribution < 1.29 is 8.78 Å². The molecule has 2 aromatic carbocycles. The van der Waals surface area contributed by atoms with Crippen LogP contribution in [0.3, 0.4) is 0 Å². The van der Waals surface area contributed by atoms with E-state index in [1.54, 1.807) is 0 Å². The third kappa shape index (κ3) is 2.27. The molecule has 0 aliphatic carbocycles. The van der Waals surface area contributed by atoms with Gasteiger partial charge in [0.05, 0.1) is 4.47 Å². The number of benzene rings is 2. The Kier molecular flexibility index (Phi) is 3.61. The van der Waals surface area contributed by atoms with Crippen LogP contribution in [0.4, 0.5) is 8.78 Å². The van der Waals surface area contributed by atoms with Crippen molar-refractivity contribution in [1.82, 2.24) is 5.32 Å². The second-order valence-corrected chi connectivity index (χ2v) is 6.10. The van der Waals surface area contributed by atoms with Crippen molar-refractivity contribution in [3.63, 3.8) is 0 Å². The van der Waals surface area contributed by atoms with Crippen LogP contribution in [0.5, 0.6) is 0 Å².